The van der Waals surface area contributed by atoms with Gasteiger partial charge in [-0.1, -0.05) is 11.7 Å². The highest BCUT2D eigenvalue weighted by atomic mass is 16.4. The molecule has 0 aliphatic carbocycles. The fourth-order valence-corrected chi connectivity index (χ4v) is 0.360. The summed E-state index contributed by atoms with van der Waals surface area (Å²) in [5.41, 5.74) is 0.403. The molecular weight excluding hydrogens is 118 g/mol. The summed E-state index contributed by atoms with van der Waals surface area (Å²) in [7, 11) is 0. The lowest BCUT2D eigenvalue weighted by atomic mass is 10.2. The van der Waals surface area contributed by atoms with Gasteiger partial charge in [-0.15, -0.1) is 0 Å². The first kappa shape index (κ1) is 7.88. The van der Waals surface area contributed by atoms with E-state index < -0.39 is 0 Å². The molecule has 0 aliphatic heterocycles. The van der Waals surface area contributed by atoms with Crippen LogP contribution in [-0.4, -0.2) is 16.7 Å². The molecule has 3 heteroatoms. The van der Waals surface area contributed by atoms with E-state index in [1.165, 1.54) is 6.08 Å². The normalized spacial score (nSPS) is 11.0. The Morgan fingerprint density at radius 3 is 2.78 bits per heavy atom. The SMILES string of the molecule is C=CC(=O)CC(C)=NO. The van der Waals surface area contributed by atoms with Gasteiger partial charge >= 0.3 is 0 Å². The van der Waals surface area contributed by atoms with E-state index in [-0.39, 0.29) is 12.2 Å². The van der Waals surface area contributed by atoms with Gasteiger partial charge in [-0.05, 0) is 13.0 Å². The number of ketones is 1. The van der Waals surface area contributed by atoms with Crippen molar-refractivity contribution in [2.45, 2.75) is 13.3 Å². The second-order valence-electron chi connectivity index (χ2n) is 1.68. The fraction of sp³-hybridized carbons (Fsp3) is 0.333. The van der Waals surface area contributed by atoms with Crippen LogP contribution in [0.1, 0.15) is 13.3 Å². The van der Waals surface area contributed by atoms with Crippen molar-refractivity contribution in [2.24, 2.45) is 5.16 Å². The third-order valence-electron chi connectivity index (χ3n) is 0.828. The van der Waals surface area contributed by atoms with Crippen LogP contribution in [0.4, 0.5) is 0 Å². The Balaban J connectivity index is 3.74. The molecule has 0 aromatic heterocycles. The van der Waals surface area contributed by atoms with Crippen molar-refractivity contribution in [1.29, 1.82) is 0 Å². The number of carbonyl (C=O) groups excluding carboxylic acids is 1. The van der Waals surface area contributed by atoms with E-state index in [0.717, 1.165) is 0 Å². The van der Waals surface area contributed by atoms with Crippen molar-refractivity contribution >= 4 is 11.5 Å². The molecule has 50 valence electrons. The highest BCUT2D eigenvalue weighted by Crippen LogP contribution is 1.87. The monoisotopic (exact) mass is 127 g/mol. The average molecular weight is 127 g/mol. The van der Waals surface area contributed by atoms with E-state index in [0.29, 0.717) is 5.71 Å². The zero-order valence-electron chi connectivity index (χ0n) is 5.29. The van der Waals surface area contributed by atoms with Crippen LogP contribution in [0.25, 0.3) is 0 Å². The third-order valence-corrected chi connectivity index (χ3v) is 0.828. The molecule has 0 aliphatic rings. The van der Waals surface area contributed by atoms with Gasteiger partial charge in [0.15, 0.2) is 5.78 Å². The molecule has 0 saturated heterocycles. The van der Waals surface area contributed by atoms with Gasteiger partial charge in [0.25, 0.3) is 0 Å². The zero-order valence-corrected chi connectivity index (χ0v) is 5.29. The molecule has 0 aromatic rings. The third kappa shape index (κ3) is 3.46. The first-order valence-corrected chi connectivity index (χ1v) is 2.53. The summed E-state index contributed by atoms with van der Waals surface area (Å²) in [6.45, 7) is 4.83. The minimum atomic E-state index is -0.134. The molecule has 0 bridgehead atoms. The molecule has 0 radical (unpaired) electrons. The molecule has 0 atom stereocenters. The van der Waals surface area contributed by atoms with Crippen LogP contribution in [0.2, 0.25) is 0 Å². The Kier molecular flexibility index (Phi) is 3.35. The molecule has 0 heterocycles. The van der Waals surface area contributed by atoms with Gasteiger partial charge < -0.3 is 5.21 Å². The van der Waals surface area contributed by atoms with Crippen LogP contribution in [0, 0.1) is 0 Å². The van der Waals surface area contributed by atoms with Gasteiger partial charge in [0.1, 0.15) is 0 Å². The summed E-state index contributed by atoms with van der Waals surface area (Å²) in [5.74, 6) is -0.134. The van der Waals surface area contributed by atoms with E-state index in [1.54, 1.807) is 6.92 Å². The van der Waals surface area contributed by atoms with E-state index in [9.17, 15) is 4.79 Å². The molecule has 1 N–H and O–H groups in total. The minimum Gasteiger partial charge on any atom is -0.411 e. The van der Waals surface area contributed by atoms with E-state index >= 15 is 0 Å². The quantitative estimate of drug-likeness (QED) is 0.266. The summed E-state index contributed by atoms with van der Waals surface area (Å²) in [5, 5.41) is 10.9. The second kappa shape index (κ2) is 3.83. The van der Waals surface area contributed by atoms with Crippen LogP contribution in [0.15, 0.2) is 17.8 Å². The summed E-state index contributed by atoms with van der Waals surface area (Å²) < 4.78 is 0. The minimum absolute atomic E-state index is 0.134. The maximum absolute atomic E-state index is 10.5. The lowest BCUT2D eigenvalue weighted by Crippen LogP contribution is -2.00. The van der Waals surface area contributed by atoms with Crippen molar-refractivity contribution in [2.75, 3.05) is 0 Å². The number of oxime groups is 1. The number of hydrogen-bond donors (Lipinski definition) is 1. The summed E-state index contributed by atoms with van der Waals surface area (Å²) in [4.78, 5) is 10.5. The number of rotatable bonds is 3. The molecule has 0 saturated carbocycles. The van der Waals surface area contributed by atoms with Crippen LogP contribution < -0.4 is 0 Å². The standard InChI is InChI=1S/C6H9NO2/c1-3-6(8)4-5(2)7-9/h3,9H,1,4H2,2H3. The van der Waals surface area contributed by atoms with Gasteiger partial charge in [-0.25, -0.2) is 0 Å². The lowest BCUT2D eigenvalue weighted by Gasteiger charge is -1.89. The average Bonchev–Trinajstić information content (AvgIpc) is 1.87. The second-order valence-corrected chi connectivity index (χ2v) is 1.68. The molecule has 9 heavy (non-hydrogen) atoms. The highest BCUT2D eigenvalue weighted by molar-refractivity contribution is 6.05. The molecule has 0 rings (SSSR count). The van der Waals surface area contributed by atoms with E-state index in [1.807, 2.05) is 0 Å². The van der Waals surface area contributed by atoms with Crippen molar-refractivity contribution in [1.82, 2.24) is 0 Å². The predicted molar refractivity (Wildman–Crippen MR) is 34.7 cm³/mol. The van der Waals surface area contributed by atoms with Gasteiger partial charge in [0.05, 0.1) is 12.1 Å². The van der Waals surface area contributed by atoms with Crippen LogP contribution in [-0.2, 0) is 4.79 Å². The molecule has 3 nitrogen and oxygen atoms in total. The number of hydrogen-bond acceptors (Lipinski definition) is 3. The van der Waals surface area contributed by atoms with Gasteiger partial charge in [0.2, 0.25) is 0 Å². The van der Waals surface area contributed by atoms with E-state index in [2.05, 4.69) is 11.7 Å². The van der Waals surface area contributed by atoms with Crippen molar-refractivity contribution in [3.8, 4) is 0 Å². The van der Waals surface area contributed by atoms with E-state index in [4.69, 9.17) is 5.21 Å². The Bertz CT molecular complexity index is 149. The van der Waals surface area contributed by atoms with Crippen LogP contribution in [0.5, 0.6) is 0 Å². The van der Waals surface area contributed by atoms with Crippen molar-refractivity contribution < 1.29 is 10.0 Å². The van der Waals surface area contributed by atoms with Crippen LogP contribution in [0.3, 0.4) is 0 Å². The lowest BCUT2D eigenvalue weighted by molar-refractivity contribution is -0.113. The predicted octanol–water partition coefficient (Wildman–Crippen LogP) is 0.982. The zero-order chi connectivity index (χ0) is 7.28. The molecule has 0 spiro atoms. The first-order chi connectivity index (χ1) is 4.20. The Morgan fingerprint density at radius 2 is 2.44 bits per heavy atom. The van der Waals surface area contributed by atoms with Crippen molar-refractivity contribution in [3.05, 3.63) is 12.7 Å². The molecule has 0 amide bonds. The summed E-state index contributed by atoms with van der Waals surface area (Å²) in [6, 6.07) is 0. The molecular formula is C6H9NO2. The van der Waals surface area contributed by atoms with Gasteiger partial charge in [0, 0.05) is 0 Å². The summed E-state index contributed by atoms with van der Waals surface area (Å²) >= 11 is 0. The number of allylic oxidation sites excluding steroid dienone is 1. The van der Waals surface area contributed by atoms with Gasteiger partial charge in [-0.3, -0.25) is 4.79 Å². The van der Waals surface area contributed by atoms with Crippen LogP contribution >= 0.6 is 0 Å². The molecule has 0 unspecified atom stereocenters. The maximum atomic E-state index is 10.5. The largest absolute Gasteiger partial charge is 0.411 e. The highest BCUT2D eigenvalue weighted by Gasteiger charge is 1.97. The van der Waals surface area contributed by atoms with Crippen molar-refractivity contribution in [3.63, 3.8) is 0 Å². The fourth-order valence-electron chi connectivity index (χ4n) is 0.360. The smallest absolute Gasteiger partial charge is 0.160 e. The summed E-state index contributed by atoms with van der Waals surface area (Å²) in [6.07, 6.45) is 1.36. The Labute approximate surface area is 53.7 Å². The topological polar surface area (TPSA) is 49.7 Å². The number of carbonyl (C=O) groups is 1. The Hall–Kier alpha value is -1.12. The first-order valence-electron chi connectivity index (χ1n) is 2.53. The van der Waals surface area contributed by atoms with Gasteiger partial charge in [-0.2, -0.15) is 0 Å². The Morgan fingerprint density at radius 1 is 1.89 bits per heavy atom. The molecule has 0 fully saturated rings. The number of nitrogens with zero attached hydrogens (tertiary/aromatic N) is 1. The maximum Gasteiger partial charge on any atom is 0.160 e. The molecule has 0 aromatic carbocycles.